The molecule has 1 saturated heterocycles. The third-order valence-corrected chi connectivity index (χ3v) is 3.21. The minimum atomic E-state index is 0.694. The van der Waals surface area contributed by atoms with Crippen molar-refractivity contribution in [3.05, 3.63) is 0 Å². The van der Waals surface area contributed by atoms with E-state index in [4.69, 9.17) is 0 Å². The van der Waals surface area contributed by atoms with E-state index in [1.54, 1.807) is 0 Å². The number of hydrogen-bond acceptors (Lipinski definition) is 1. The van der Waals surface area contributed by atoms with Crippen LogP contribution in [0.25, 0.3) is 0 Å². The second-order valence-electron chi connectivity index (χ2n) is 3.87. The standard InChI is InChI=1S/C8H15N/c1-8-4-2-3-7(8)5-9-6-8/h7,9H,2-6H2,1H3/t7-,8+/m1/s1. The van der Waals surface area contributed by atoms with Gasteiger partial charge in [-0.1, -0.05) is 13.3 Å². The fourth-order valence-electron chi connectivity index (χ4n) is 2.42. The summed E-state index contributed by atoms with van der Waals surface area (Å²) in [4.78, 5) is 0. The van der Waals surface area contributed by atoms with Gasteiger partial charge in [-0.05, 0) is 30.7 Å². The predicted molar refractivity (Wildman–Crippen MR) is 38.3 cm³/mol. The topological polar surface area (TPSA) is 12.0 Å². The quantitative estimate of drug-likeness (QED) is 0.516. The Labute approximate surface area is 56.8 Å². The smallest absolute Gasteiger partial charge is 0.000841 e. The van der Waals surface area contributed by atoms with Gasteiger partial charge in [-0.3, -0.25) is 0 Å². The Morgan fingerprint density at radius 1 is 1.56 bits per heavy atom. The molecule has 1 nitrogen and oxygen atoms in total. The van der Waals surface area contributed by atoms with Gasteiger partial charge < -0.3 is 5.32 Å². The fourth-order valence-corrected chi connectivity index (χ4v) is 2.42. The van der Waals surface area contributed by atoms with Crippen LogP contribution in [-0.4, -0.2) is 13.1 Å². The molecule has 0 unspecified atom stereocenters. The van der Waals surface area contributed by atoms with Crippen LogP contribution in [0.3, 0.4) is 0 Å². The molecule has 2 fully saturated rings. The van der Waals surface area contributed by atoms with E-state index < -0.39 is 0 Å². The highest BCUT2D eigenvalue weighted by Crippen LogP contribution is 2.44. The molecular formula is C8H15N. The first-order valence-electron chi connectivity index (χ1n) is 4.02. The molecule has 0 spiro atoms. The summed E-state index contributed by atoms with van der Waals surface area (Å²) in [5, 5.41) is 3.46. The summed E-state index contributed by atoms with van der Waals surface area (Å²) in [6, 6.07) is 0. The molecule has 2 rings (SSSR count). The molecule has 1 aliphatic heterocycles. The molecule has 2 aliphatic rings. The largest absolute Gasteiger partial charge is 0.316 e. The van der Waals surface area contributed by atoms with Crippen molar-refractivity contribution in [2.45, 2.75) is 26.2 Å². The molecule has 0 aromatic carbocycles. The van der Waals surface area contributed by atoms with Crippen LogP contribution < -0.4 is 5.32 Å². The van der Waals surface area contributed by atoms with Crippen molar-refractivity contribution in [3.8, 4) is 0 Å². The number of rotatable bonds is 0. The van der Waals surface area contributed by atoms with Gasteiger partial charge in [0, 0.05) is 6.54 Å². The lowest BCUT2D eigenvalue weighted by molar-refractivity contribution is 0.306. The number of fused-ring (bicyclic) bond motifs is 1. The molecule has 9 heavy (non-hydrogen) atoms. The van der Waals surface area contributed by atoms with E-state index >= 15 is 0 Å². The van der Waals surface area contributed by atoms with E-state index in [0.29, 0.717) is 5.41 Å². The van der Waals surface area contributed by atoms with Crippen LogP contribution in [0.5, 0.6) is 0 Å². The minimum Gasteiger partial charge on any atom is -0.316 e. The summed E-state index contributed by atoms with van der Waals surface area (Å²) in [7, 11) is 0. The molecule has 1 aliphatic carbocycles. The molecule has 0 aromatic heterocycles. The Morgan fingerprint density at radius 2 is 2.44 bits per heavy atom. The van der Waals surface area contributed by atoms with Gasteiger partial charge in [-0.15, -0.1) is 0 Å². The normalized spacial score (nSPS) is 49.7. The van der Waals surface area contributed by atoms with Crippen molar-refractivity contribution < 1.29 is 0 Å². The maximum Gasteiger partial charge on any atom is 0.000841 e. The van der Waals surface area contributed by atoms with E-state index in [-0.39, 0.29) is 0 Å². The summed E-state index contributed by atoms with van der Waals surface area (Å²) < 4.78 is 0. The Hall–Kier alpha value is -0.0400. The van der Waals surface area contributed by atoms with Crippen LogP contribution in [0.15, 0.2) is 0 Å². The third kappa shape index (κ3) is 0.710. The van der Waals surface area contributed by atoms with Crippen LogP contribution in [0.2, 0.25) is 0 Å². The van der Waals surface area contributed by atoms with Crippen molar-refractivity contribution in [2.75, 3.05) is 13.1 Å². The van der Waals surface area contributed by atoms with Gasteiger partial charge in [0.25, 0.3) is 0 Å². The van der Waals surface area contributed by atoms with Gasteiger partial charge in [-0.2, -0.15) is 0 Å². The second kappa shape index (κ2) is 1.72. The number of hydrogen-bond donors (Lipinski definition) is 1. The highest BCUT2D eigenvalue weighted by Gasteiger charge is 2.41. The maximum atomic E-state index is 3.46. The van der Waals surface area contributed by atoms with Crippen molar-refractivity contribution >= 4 is 0 Å². The average Bonchev–Trinajstić information content (AvgIpc) is 2.22. The van der Waals surface area contributed by atoms with Crippen LogP contribution in [0, 0.1) is 11.3 Å². The van der Waals surface area contributed by atoms with Crippen molar-refractivity contribution in [1.82, 2.24) is 5.32 Å². The van der Waals surface area contributed by atoms with Crippen molar-refractivity contribution in [2.24, 2.45) is 11.3 Å². The zero-order valence-corrected chi connectivity index (χ0v) is 6.11. The highest BCUT2D eigenvalue weighted by molar-refractivity contribution is 4.95. The lowest BCUT2D eigenvalue weighted by Gasteiger charge is -2.21. The molecule has 0 amide bonds. The molecule has 2 atom stereocenters. The van der Waals surface area contributed by atoms with Crippen LogP contribution in [0.4, 0.5) is 0 Å². The fraction of sp³-hybridized carbons (Fsp3) is 1.00. The van der Waals surface area contributed by atoms with Gasteiger partial charge >= 0.3 is 0 Å². The van der Waals surface area contributed by atoms with Gasteiger partial charge in [0.1, 0.15) is 0 Å². The first kappa shape index (κ1) is 5.72. The summed E-state index contributed by atoms with van der Waals surface area (Å²) in [6.45, 7) is 5.00. The Balaban J connectivity index is 2.17. The third-order valence-electron chi connectivity index (χ3n) is 3.21. The maximum absolute atomic E-state index is 3.46. The van der Waals surface area contributed by atoms with Crippen molar-refractivity contribution in [1.29, 1.82) is 0 Å². The molecule has 1 N–H and O–H groups in total. The molecule has 0 bridgehead atoms. The molecule has 0 aromatic rings. The van der Waals surface area contributed by atoms with E-state index in [1.807, 2.05) is 0 Å². The summed E-state index contributed by atoms with van der Waals surface area (Å²) in [6.07, 6.45) is 4.41. The van der Waals surface area contributed by atoms with Crippen molar-refractivity contribution in [3.63, 3.8) is 0 Å². The monoisotopic (exact) mass is 125 g/mol. The average molecular weight is 125 g/mol. The summed E-state index contributed by atoms with van der Waals surface area (Å²) in [5.41, 5.74) is 0.694. The zero-order chi connectivity index (χ0) is 6.32. The Bertz CT molecular complexity index is 110. The SMILES string of the molecule is C[C@@]12CCC[C@@H]1CNC2. The first-order chi connectivity index (χ1) is 4.31. The molecule has 1 heteroatoms. The van der Waals surface area contributed by atoms with E-state index in [9.17, 15) is 0 Å². The zero-order valence-electron chi connectivity index (χ0n) is 6.11. The molecular weight excluding hydrogens is 110 g/mol. The van der Waals surface area contributed by atoms with Crippen LogP contribution in [-0.2, 0) is 0 Å². The summed E-state index contributed by atoms with van der Waals surface area (Å²) >= 11 is 0. The van der Waals surface area contributed by atoms with Gasteiger partial charge in [0.2, 0.25) is 0 Å². The lowest BCUT2D eigenvalue weighted by Crippen LogP contribution is -2.20. The molecule has 1 heterocycles. The minimum absolute atomic E-state index is 0.694. The van der Waals surface area contributed by atoms with E-state index in [0.717, 1.165) is 5.92 Å². The first-order valence-corrected chi connectivity index (χ1v) is 4.02. The van der Waals surface area contributed by atoms with Crippen LogP contribution >= 0.6 is 0 Å². The Kier molecular flexibility index (Phi) is 1.10. The Morgan fingerprint density at radius 3 is 3.22 bits per heavy atom. The molecule has 0 radical (unpaired) electrons. The van der Waals surface area contributed by atoms with E-state index in [2.05, 4.69) is 12.2 Å². The molecule has 52 valence electrons. The van der Waals surface area contributed by atoms with Gasteiger partial charge in [0.15, 0.2) is 0 Å². The lowest BCUT2D eigenvalue weighted by atomic mass is 9.83. The van der Waals surface area contributed by atoms with Gasteiger partial charge in [-0.25, -0.2) is 0 Å². The number of nitrogens with one attached hydrogen (secondary N) is 1. The highest BCUT2D eigenvalue weighted by atomic mass is 14.9. The summed E-state index contributed by atoms with van der Waals surface area (Å²) in [5.74, 6) is 1.01. The van der Waals surface area contributed by atoms with Gasteiger partial charge in [0.05, 0.1) is 0 Å². The predicted octanol–water partition coefficient (Wildman–Crippen LogP) is 1.40. The molecule has 1 saturated carbocycles. The van der Waals surface area contributed by atoms with E-state index in [1.165, 1.54) is 32.4 Å². The second-order valence-corrected chi connectivity index (χ2v) is 3.87. The van der Waals surface area contributed by atoms with Crippen LogP contribution in [0.1, 0.15) is 26.2 Å².